The Bertz CT molecular complexity index is 1070. The van der Waals surface area contributed by atoms with Crippen LogP contribution in [0, 0.1) is 19.8 Å². The van der Waals surface area contributed by atoms with E-state index in [0.29, 0.717) is 35.5 Å². The number of sulfonamides is 1. The Labute approximate surface area is 181 Å². The number of aryl methyl sites for hydroxylation is 2. The molecule has 0 aliphatic heterocycles. The quantitative estimate of drug-likeness (QED) is 0.492. The van der Waals surface area contributed by atoms with E-state index in [1.807, 2.05) is 27.7 Å². The molecule has 2 aromatic heterocycles. The summed E-state index contributed by atoms with van der Waals surface area (Å²) in [5, 5.41) is 4.34. The lowest BCUT2D eigenvalue weighted by Crippen LogP contribution is -2.34. The second-order valence-corrected chi connectivity index (χ2v) is 9.63. The van der Waals surface area contributed by atoms with Gasteiger partial charge in [0.25, 0.3) is 10.0 Å². The number of halogens is 1. The van der Waals surface area contributed by atoms with Crippen LogP contribution in [0.2, 0.25) is 5.02 Å². The first kappa shape index (κ1) is 22.1. The highest BCUT2D eigenvalue weighted by Crippen LogP contribution is 2.26. The summed E-state index contributed by atoms with van der Waals surface area (Å²) in [7, 11) is -3.80. The predicted octanol–water partition coefficient (Wildman–Crippen LogP) is 4.77. The second-order valence-electron chi connectivity index (χ2n) is 7.33. The number of pyridine rings is 1. The first-order valence-corrected chi connectivity index (χ1v) is 11.3. The van der Waals surface area contributed by atoms with Crippen molar-refractivity contribution < 1.29 is 17.7 Å². The Hall–Kier alpha value is -2.58. The van der Waals surface area contributed by atoms with E-state index in [4.69, 9.17) is 20.9 Å². The third-order valence-corrected chi connectivity index (χ3v) is 6.48. The maximum Gasteiger partial charge on any atom is 0.265 e. The molecule has 0 bridgehead atoms. The molecule has 1 aromatic carbocycles. The van der Waals surface area contributed by atoms with Crippen LogP contribution in [0.15, 0.2) is 52.0 Å². The molecule has 0 unspecified atom stereocenters. The molecule has 0 saturated carbocycles. The van der Waals surface area contributed by atoms with E-state index in [9.17, 15) is 8.42 Å². The zero-order valence-corrected chi connectivity index (χ0v) is 18.9. The molecule has 0 aliphatic rings. The van der Waals surface area contributed by atoms with Gasteiger partial charge in [0.05, 0.1) is 21.2 Å². The van der Waals surface area contributed by atoms with Gasteiger partial charge in [0, 0.05) is 12.7 Å². The van der Waals surface area contributed by atoms with E-state index in [2.05, 4.69) is 10.1 Å². The molecule has 30 heavy (non-hydrogen) atoms. The fourth-order valence-electron chi connectivity index (χ4n) is 2.86. The molecule has 2 heterocycles. The van der Waals surface area contributed by atoms with Gasteiger partial charge in [-0.2, -0.15) is 0 Å². The molecule has 0 fully saturated rings. The number of hydrogen-bond donors (Lipinski definition) is 0. The van der Waals surface area contributed by atoms with Crippen LogP contribution in [0.4, 0.5) is 5.82 Å². The van der Waals surface area contributed by atoms with Crippen LogP contribution in [0.25, 0.3) is 0 Å². The highest BCUT2D eigenvalue weighted by molar-refractivity contribution is 7.92. The summed E-state index contributed by atoms with van der Waals surface area (Å²) in [6.07, 6.45) is 1.44. The van der Waals surface area contributed by atoms with Crippen LogP contribution in [0.3, 0.4) is 0 Å². The molecular formula is C21H24ClN3O4S. The Morgan fingerprint density at radius 2 is 1.83 bits per heavy atom. The van der Waals surface area contributed by atoms with Crippen LogP contribution < -0.4 is 9.04 Å². The fraction of sp³-hybridized carbons (Fsp3) is 0.333. The van der Waals surface area contributed by atoms with Crippen molar-refractivity contribution in [1.29, 1.82) is 0 Å². The summed E-state index contributed by atoms with van der Waals surface area (Å²) in [4.78, 5) is 4.35. The maximum atomic E-state index is 13.3. The molecule has 0 atom stereocenters. The second kappa shape index (κ2) is 9.06. The lowest BCUT2D eigenvalue weighted by Gasteiger charge is -2.25. The Balaban J connectivity index is 1.82. The zero-order valence-electron chi connectivity index (χ0n) is 17.3. The van der Waals surface area contributed by atoms with E-state index >= 15 is 0 Å². The van der Waals surface area contributed by atoms with Crippen molar-refractivity contribution in [3.8, 4) is 5.75 Å². The van der Waals surface area contributed by atoms with Gasteiger partial charge in [-0.1, -0.05) is 30.6 Å². The maximum absolute atomic E-state index is 13.3. The predicted molar refractivity (Wildman–Crippen MR) is 115 cm³/mol. The normalized spacial score (nSPS) is 11.7. The van der Waals surface area contributed by atoms with Crippen molar-refractivity contribution in [3.05, 3.63) is 64.6 Å². The van der Waals surface area contributed by atoms with E-state index in [-0.39, 0.29) is 10.8 Å². The molecule has 0 N–H and O–H groups in total. The van der Waals surface area contributed by atoms with Crippen molar-refractivity contribution >= 4 is 27.4 Å². The van der Waals surface area contributed by atoms with Gasteiger partial charge < -0.3 is 9.26 Å². The summed E-state index contributed by atoms with van der Waals surface area (Å²) >= 11 is 5.90. The molecular weight excluding hydrogens is 426 g/mol. The average Bonchev–Trinajstić information content (AvgIpc) is 3.03. The molecule has 0 saturated heterocycles. The number of hydrogen-bond acceptors (Lipinski definition) is 6. The monoisotopic (exact) mass is 449 g/mol. The van der Waals surface area contributed by atoms with Crippen molar-refractivity contribution in [2.75, 3.05) is 10.8 Å². The van der Waals surface area contributed by atoms with Crippen LogP contribution in [0.5, 0.6) is 5.75 Å². The first-order valence-electron chi connectivity index (χ1n) is 9.47. The van der Waals surface area contributed by atoms with E-state index < -0.39 is 10.0 Å². The number of nitrogens with zero attached hydrogens (tertiary/aromatic N) is 3. The lowest BCUT2D eigenvalue weighted by molar-refractivity contribution is 0.301. The van der Waals surface area contributed by atoms with Gasteiger partial charge in [-0.05, 0) is 56.2 Å². The summed E-state index contributed by atoms with van der Waals surface area (Å²) in [5.41, 5.74) is 1.65. The molecule has 3 rings (SSSR count). The standard InChI is InChI=1S/C21H24ClN3O4S/c1-14(2)12-25(21-10-5-17(22)11-23-21)30(26,27)19-8-6-18(7-9-19)28-13-20-15(3)24-29-16(20)4/h5-11,14H,12-13H2,1-4H3. The Morgan fingerprint density at radius 3 is 2.37 bits per heavy atom. The molecule has 0 aliphatic carbocycles. The van der Waals surface area contributed by atoms with Crippen molar-refractivity contribution in [2.24, 2.45) is 5.92 Å². The van der Waals surface area contributed by atoms with Gasteiger partial charge in [0.15, 0.2) is 0 Å². The van der Waals surface area contributed by atoms with Gasteiger partial charge in [0.2, 0.25) is 0 Å². The molecule has 0 amide bonds. The minimum atomic E-state index is -3.80. The van der Waals surface area contributed by atoms with Crippen LogP contribution in [-0.2, 0) is 16.6 Å². The molecule has 7 nitrogen and oxygen atoms in total. The number of rotatable bonds is 8. The van der Waals surface area contributed by atoms with Gasteiger partial charge in [0.1, 0.15) is 23.9 Å². The average molecular weight is 450 g/mol. The largest absolute Gasteiger partial charge is 0.489 e. The molecule has 0 spiro atoms. The van der Waals surface area contributed by atoms with Crippen LogP contribution in [-0.4, -0.2) is 25.1 Å². The Kier molecular flexibility index (Phi) is 6.67. The zero-order chi connectivity index (χ0) is 21.9. The summed E-state index contributed by atoms with van der Waals surface area (Å²) in [6, 6.07) is 9.55. The number of benzene rings is 1. The first-order chi connectivity index (χ1) is 14.2. The SMILES string of the molecule is Cc1noc(C)c1COc1ccc(S(=O)(=O)N(CC(C)C)c2ccc(Cl)cn2)cc1. The van der Waals surface area contributed by atoms with Gasteiger partial charge in [-0.25, -0.2) is 17.7 Å². The molecule has 160 valence electrons. The topological polar surface area (TPSA) is 85.5 Å². The molecule has 9 heteroatoms. The van der Waals surface area contributed by atoms with Crippen LogP contribution in [0.1, 0.15) is 30.9 Å². The summed E-state index contributed by atoms with van der Waals surface area (Å²) < 4.78 is 38.8. The lowest BCUT2D eigenvalue weighted by atomic mass is 10.2. The summed E-state index contributed by atoms with van der Waals surface area (Å²) in [6.45, 7) is 8.15. The van der Waals surface area contributed by atoms with E-state index in [1.54, 1.807) is 24.3 Å². The Morgan fingerprint density at radius 1 is 1.13 bits per heavy atom. The minimum absolute atomic E-state index is 0.106. The third-order valence-electron chi connectivity index (χ3n) is 4.47. The van der Waals surface area contributed by atoms with Gasteiger partial charge >= 0.3 is 0 Å². The molecule has 3 aromatic rings. The fourth-order valence-corrected chi connectivity index (χ4v) is 4.56. The highest BCUT2D eigenvalue weighted by Gasteiger charge is 2.26. The van der Waals surface area contributed by atoms with E-state index in [0.717, 1.165) is 11.3 Å². The summed E-state index contributed by atoms with van der Waals surface area (Å²) in [5.74, 6) is 1.68. The minimum Gasteiger partial charge on any atom is -0.489 e. The third kappa shape index (κ3) is 4.94. The van der Waals surface area contributed by atoms with Crippen molar-refractivity contribution in [3.63, 3.8) is 0 Å². The number of aromatic nitrogens is 2. The van der Waals surface area contributed by atoms with Gasteiger partial charge in [-0.3, -0.25) is 0 Å². The van der Waals surface area contributed by atoms with Crippen molar-refractivity contribution in [2.45, 2.75) is 39.2 Å². The molecule has 0 radical (unpaired) electrons. The number of anilines is 1. The number of ether oxygens (including phenoxy) is 1. The van der Waals surface area contributed by atoms with Gasteiger partial charge in [-0.15, -0.1) is 0 Å². The van der Waals surface area contributed by atoms with Crippen LogP contribution >= 0.6 is 11.6 Å². The van der Waals surface area contributed by atoms with E-state index in [1.165, 1.54) is 22.6 Å². The highest BCUT2D eigenvalue weighted by atomic mass is 35.5. The smallest absolute Gasteiger partial charge is 0.265 e. The van der Waals surface area contributed by atoms with Crippen molar-refractivity contribution in [1.82, 2.24) is 10.1 Å².